The molecule has 198 valence electrons. The zero-order valence-corrected chi connectivity index (χ0v) is 20.7. The fourth-order valence-electron chi connectivity index (χ4n) is 4.85. The van der Waals surface area contributed by atoms with Crippen molar-refractivity contribution in [1.29, 1.82) is 0 Å². The summed E-state index contributed by atoms with van der Waals surface area (Å²) in [5, 5.41) is 13.9. The number of amides is 1. The number of nitrogens with zero attached hydrogens (tertiary/aromatic N) is 1. The summed E-state index contributed by atoms with van der Waals surface area (Å²) in [7, 11) is 0. The largest absolute Gasteiger partial charge is 0.486 e. The number of carbonyl (C=O) groups excluding carboxylic acids is 2. The van der Waals surface area contributed by atoms with Crippen LogP contribution in [-0.2, 0) is 4.79 Å². The highest BCUT2D eigenvalue weighted by Crippen LogP contribution is 2.36. The van der Waals surface area contributed by atoms with Gasteiger partial charge in [-0.05, 0) is 73.0 Å². The van der Waals surface area contributed by atoms with Crippen LogP contribution in [0, 0.1) is 11.6 Å². The molecule has 3 aromatic carbocycles. The number of Topliss-reactive ketones (excluding diaryl/α,β-unsaturated/α-hetero) is 1. The molecule has 0 aliphatic carbocycles. The fraction of sp³-hybridized carbons (Fsp3) is 0.310. The van der Waals surface area contributed by atoms with Crippen molar-refractivity contribution in [3.8, 4) is 22.6 Å². The van der Waals surface area contributed by atoms with Crippen LogP contribution in [0.3, 0.4) is 0 Å². The minimum atomic E-state index is -1.30. The summed E-state index contributed by atoms with van der Waals surface area (Å²) in [5.74, 6) is -2.53. The molecule has 1 fully saturated rings. The lowest BCUT2D eigenvalue weighted by Gasteiger charge is -2.29. The van der Waals surface area contributed by atoms with Crippen LogP contribution in [-0.4, -0.2) is 60.6 Å². The van der Waals surface area contributed by atoms with Crippen molar-refractivity contribution in [2.45, 2.75) is 25.0 Å². The number of benzene rings is 3. The molecule has 0 aromatic heterocycles. The molecule has 0 spiro atoms. The van der Waals surface area contributed by atoms with E-state index in [1.807, 2.05) is 0 Å². The van der Waals surface area contributed by atoms with Crippen LogP contribution in [0.4, 0.5) is 8.78 Å². The maximum atomic E-state index is 14.7. The minimum absolute atomic E-state index is 0.0106. The molecule has 0 radical (unpaired) electrons. The van der Waals surface area contributed by atoms with Crippen LogP contribution in [0.2, 0.25) is 0 Å². The maximum Gasteiger partial charge on any atom is 0.292 e. The molecule has 38 heavy (non-hydrogen) atoms. The minimum Gasteiger partial charge on any atom is -0.486 e. The maximum absolute atomic E-state index is 14.7. The van der Waals surface area contributed by atoms with Gasteiger partial charge in [0, 0.05) is 12.1 Å². The Morgan fingerprint density at radius 1 is 0.947 bits per heavy atom. The van der Waals surface area contributed by atoms with Gasteiger partial charge in [-0.1, -0.05) is 30.3 Å². The van der Waals surface area contributed by atoms with Gasteiger partial charge >= 0.3 is 0 Å². The average molecular weight is 523 g/mol. The average Bonchev–Trinajstić information content (AvgIpc) is 3.45. The quantitative estimate of drug-likeness (QED) is 0.345. The zero-order valence-electron chi connectivity index (χ0n) is 20.7. The second-order valence-corrected chi connectivity index (χ2v) is 9.48. The van der Waals surface area contributed by atoms with E-state index in [-0.39, 0.29) is 48.2 Å². The third kappa shape index (κ3) is 5.69. The number of nitrogens with one attached hydrogen (secondary N) is 1. The van der Waals surface area contributed by atoms with Crippen molar-refractivity contribution in [1.82, 2.24) is 10.2 Å². The molecule has 1 amide bonds. The molecule has 2 atom stereocenters. The first-order chi connectivity index (χ1) is 18.4. The van der Waals surface area contributed by atoms with Gasteiger partial charge in [-0.2, -0.15) is 0 Å². The van der Waals surface area contributed by atoms with E-state index in [9.17, 15) is 23.5 Å². The lowest BCUT2D eigenvalue weighted by molar-refractivity contribution is -0.118. The van der Waals surface area contributed by atoms with Gasteiger partial charge in [0.2, 0.25) is 5.78 Å². The Kier molecular flexibility index (Phi) is 7.67. The number of hydrogen-bond acceptors (Lipinski definition) is 6. The lowest BCUT2D eigenvalue weighted by atomic mass is 9.99. The number of fused-ring (bicyclic) bond motifs is 1. The zero-order chi connectivity index (χ0) is 26.6. The number of halogens is 2. The predicted octanol–water partition coefficient (Wildman–Crippen LogP) is 3.90. The normalized spacial score (nSPS) is 16.6. The van der Waals surface area contributed by atoms with Crippen LogP contribution >= 0.6 is 0 Å². The van der Waals surface area contributed by atoms with Crippen molar-refractivity contribution < 1.29 is 33.0 Å². The van der Waals surface area contributed by atoms with Crippen molar-refractivity contribution in [2.75, 3.05) is 32.8 Å². The summed E-state index contributed by atoms with van der Waals surface area (Å²) in [6.45, 7) is 2.35. The van der Waals surface area contributed by atoms with Crippen LogP contribution in [0.25, 0.3) is 11.1 Å². The molecule has 0 bridgehead atoms. The molecule has 0 unspecified atom stereocenters. The molecule has 9 heteroatoms. The molecule has 2 N–H and O–H groups in total. The molecule has 2 aliphatic heterocycles. The Labute approximate surface area is 219 Å². The molecule has 2 heterocycles. The van der Waals surface area contributed by atoms with E-state index >= 15 is 0 Å². The molecule has 3 aromatic rings. The highest BCUT2D eigenvalue weighted by Gasteiger charge is 2.31. The van der Waals surface area contributed by atoms with Gasteiger partial charge in [-0.25, -0.2) is 8.78 Å². The Morgan fingerprint density at radius 3 is 2.45 bits per heavy atom. The second-order valence-electron chi connectivity index (χ2n) is 9.48. The number of rotatable bonds is 8. The molecule has 5 rings (SSSR count). The molecule has 0 saturated carbocycles. The summed E-state index contributed by atoms with van der Waals surface area (Å²) in [4.78, 5) is 28.3. The van der Waals surface area contributed by atoms with E-state index in [0.717, 1.165) is 32.0 Å². The van der Waals surface area contributed by atoms with Crippen LogP contribution in [0.15, 0.2) is 60.7 Å². The van der Waals surface area contributed by atoms with E-state index in [1.54, 1.807) is 30.3 Å². The van der Waals surface area contributed by atoms with E-state index in [2.05, 4.69) is 10.2 Å². The number of aliphatic hydroxyl groups is 1. The van der Waals surface area contributed by atoms with Gasteiger partial charge in [0.15, 0.2) is 17.3 Å². The first kappa shape index (κ1) is 25.8. The van der Waals surface area contributed by atoms with E-state index in [1.165, 1.54) is 24.3 Å². The standard InChI is InChI=1S/C29H28F2N2O5/c30-22-8-6-18(7-9-22)19-4-3-5-20(14-19)27(35)29(36)32-24(17-33-10-1-2-11-33)26(34)21-15-23(31)28-25(16-21)37-12-13-38-28/h3-9,14-16,24,26,34H,1-2,10-13,17H2,(H,32,36)/t24-,26-/m1/s1. The molecule has 1 saturated heterocycles. The van der Waals surface area contributed by atoms with E-state index in [4.69, 9.17) is 9.47 Å². The van der Waals surface area contributed by atoms with Gasteiger partial charge in [-0.15, -0.1) is 0 Å². The topological polar surface area (TPSA) is 88.1 Å². The summed E-state index contributed by atoms with van der Waals surface area (Å²) in [5.41, 5.74) is 1.72. The highest BCUT2D eigenvalue weighted by molar-refractivity contribution is 6.43. The van der Waals surface area contributed by atoms with Crippen LogP contribution in [0.1, 0.15) is 34.9 Å². The summed E-state index contributed by atoms with van der Waals surface area (Å²) in [6.07, 6.45) is 0.679. The third-order valence-electron chi connectivity index (χ3n) is 6.82. The van der Waals surface area contributed by atoms with Crippen molar-refractivity contribution in [3.63, 3.8) is 0 Å². The van der Waals surface area contributed by atoms with E-state index in [0.29, 0.717) is 11.1 Å². The Bertz CT molecular complexity index is 1330. The molecular formula is C29H28F2N2O5. The van der Waals surface area contributed by atoms with Crippen LogP contribution in [0.5, 0.6) is 11.5 Å². The predicted molar refractivity (Wildman–Crippen MR) is 136 cm³/mol. The summed E-state index contributed by atoms with van der Waals surface area (Å²) in [6, 6.07) is 14.1. The second kappa shape index (κ2) is 11.3. The Balaban J connectivity index is 1.37. The van der Waals surface area contributed by atoms with Gasteiger partial charge in [-0.3, -0.25) is 9.59 Å². The highest BCUT2D eigenvalue weighted by atomic mass is 19.1. The smallest absolute Gasteiger partial charge is 0.292 e. The van der Waals surface area contributed by atoms with Crippen molar-refractivity contribution in [2.24, 2.45) is 0 Å². The SMILES string of the molecule is O=C(N[C@H](CN1CCCC1)[C@H](O)c1cc(F)c2c(c1)OCCO2)C(=O)c1cccc(-c2ccc(F)cc2)c1. The molecule has 7 nitrogen and oxygen atoms in total. The summed E-state index contributed by atoms with van der Waals surface area (Å²) < 4.78 is 38.8. The fourth-order valence-corrected chi connectivity index (χ4v) is 4.85. The van der Waals surface area contributed by atoms with Crippen LogP contribution < -0.4 is 14.8 Å². The van der Waals surface area contributed by atoms with Crippen molar-refractivity contribution >= 4 is 11.7 Å². The third-order valence-corrected chi connectivity index (χ3v) is 6.82. The lowest BCUT2D eigenvalue weighted by Crippen LogP contribution is -2.48. The number of hydrogen-bond donors (Lipinski definition) is 2. The molecule has 2 aliphatic rings. The monoisotopic (exact) mass is 522 g/mol. The van der Waals surface area contributed by atoms with Crippen molar-refractivity contribution in [3.05, 3.63) is 83.4 Å². The Hall–Kier alpha value is -3.82. The first-order valence-corrected chi connectivity index (χ1v) is 12.6. The number of likely N-dealkylation sites (tertiary alicyclic amines) is 1. The number of aliphatic hydroxyl groups excluding tert-OH is 1. The van der Waals surface area contributed by atoms with E-state index < -0.39 is 29.7 Å². The van der Waals surface area contributed by atoms with Gasteiger partial charge < -0.3 is 24.8 Å². The number of carbonyl (C=O) groups is 2. The Morgan fingerprint density at radius 2 is 1.68 bits per heavy atom. The summed E-state index contributed by atoms with van der Waals surface area (Å²) >= 11 is 0. The number of ketones is 1. The number of ether oxygens (including phenoxy) is 2. The van der Waals surface area contributed by atoms with Gasteiger partial charge in [0.05, 0.1) is 6.04 Å². The molecular weight excluding hydrogens is 494 g/mol. The first-order valence-electron chi connectivity index (χ1n) is 12.6. The van der Waals surface area contributed by atoms with Gasteiger partial charge in [0.25, 0.3) is 5.91 Å². The van der Waals surface area contributed by atoms with Gasteiger partial charge in [0.1, 0.15) is 25.1 Å².